The summed E-state index contributed by atoms with van der Waals surface area (Å²) in [6.07, 6.45) is 13.4. The summed E-state index contributed by atoms with van der Waals surface area (Å²) in [6.45, 7) is 5.41. The Kier molecular flexibility index (Phi) is 11.0. The molecule has 1 N–H and O–H groups in total. The third-order valence-corrected chi connectivity index (χ3v) is 4.58. The predicted octanol–water partition coefficient (Wildman–Crippen LogP) is 5.37. The zero-order valence-corrected chi connectivity index (χ0v) is 18.1. The number of nitrogens with zero attached hydrogens (tertiary/aromatic N) is 2. The minimum Gasteiger partial charge on any atom is -0.490 e. The van der Waals surface area contributed by atoms with Crippen molar-refractivity contribution < 1.29 is 14.3 Å². The van der Waals surface area contributed by atoms with Crippen LogP contribution in [0, 0.1) is 0 Å². The number of benzene rings is 1. The van der Waals surface area contributed by atoms with Crippen LogP contribution in [0.15, 0.2) is 47.8 Å². The van der Waals surface area contributed by atoms with Crippen LogP contribution < -0.4 is 14.9 Å². The fourth-order valence-corrected chi connectivity index (χ4v) is 2.96. The maximum Gasteiger partial charge on any atom is 0.272 e. The SMILES string of the molecule is CCCCCCCCCOc1ccc(/C=N\NC(=O)c2cccnc2)cc1OCC. The molecular formula is C24H33N3O3. The summed E-state index contributed by atoms with van der Waals surface area (Å²) in [7, 11) is 0. The van der Waals surface area contributed by atoms with Crippen molar-refractivity contribution in [2.24, 2.45) is 5.10 Å². The minimum atomic E-state index is -0.306. The average Bonchev–Trinajstić information content (AvgIpc) is 2.77. The van der Waals surface area contributed by atoms with Gasteiger partial charge in [-0.25, -0.2) is 5.43 Å². The summed E-state index contributed by atoms with van der Waals surface area (Å²) < 4.78 is 11.6. The highest BCUT2D eigenvalue weighted by Crippen LogP contribution is 2.28. The molecule has 1 heterocycles. The van der Waals surface area contributed by atoms with E-state index >= 15 is 0 Å². The van der Waals surface area contributed by atoms with Crippen LogP contribution >= 0.6 is 0 Å². The molecule has 2 aromatic rings. The number of pyridine rings is 1. The molecule has 0 atom stereocenters. The van der Waals surface area contributed by atoms with Crippen LogP contribution in [0.1, 0.15) is 74.7 Å². The van der Waals surface area contributed by atoms with Crippen LogP contribution in [-0.4, -0.2) is 30.3 Å². The molecule has 0 fully saturated rings. The Morgan fingerprint density at radius 1 is 1.03 bits per heavy atom. The second-order valence-electron chi connectivity index (χ2n) is 7.05. The number of carbonyl (C=O) groups excluding carboxylic acids is 1. The highest BCUT2D eigenvalue weighted by Gasteiger charge is 2.07. The Bertz CT molecular complexity index is 779. The van der Waals surface area contributed by atoms with E-state index in [1.54, 1.807) is 24.5 Å². The molecular weight excluding hydrogens is 378 g/mol. The van der Waals surface area contributed by atoms with Gasteiger partial charge < -0.3 is 9.47 Å². The molecule has 0 bridgehead atoms. The number of hydrogen-bond donors (Lipinski definition) is 1. The van der Waals surface area contributed by atoms with Crippen molar-refractivity contribution in [3.8, 4) is 11.5 Å². The van der Waals surface area contributed by atoms with Crippen LogP contribution in [0.4, 0.5) is 0 Å². The second-order valence-corrected chi connectivity index (χ2v) is 7.05. The third-order valence-electron chi connectivity index (χ3n) is 4.58. The number of unbranched alkanes of at least 4 members (excludes halogenated alkanes) is 6. The van der Waals surface area contributed by atoms with Gasteiger partial charge in [0.15, 0.2) is 11.5 Å². The zero-order chi connectivity index (χ0) is 21.4. The molecule has 6 nitrogen and oxygen atoms in total. The first-order valence-corrected chi connectivity index (χ1v) is 10.9. The van der Waals surface area contributed by atoms with E-state index in [1.165, 1.54) is 44.7 Å². The quantitative estimate of drug-likeness (QED) is 0.257. The fraction of sp³-hybridized carbons (Fsp3) is 0.458. The van der Waals surface area contributed by atoms with Crippen LogP contribution in [0.25, 0.3) is 0 Å². The van der Waals surface area contributed by atoms with E-state index in [-0.39, 0.29) is 5.91 Å². The fourth-order valence-electron chi connectivity index (χ4n) is 2.96. The molecule has 0 unspecified atom stereocenters. The Hall–Kier alpha value is -2.89. The smallest absolute Gasteiger partial charge is 0.272 e. The summed E-state index contributed by atoms with van der Waals surface area (Å²) in [6, 6.07) is 9.03. The number of rotatable bonds is 14. The van der Waals surface area contributed by atoms with E-state index in [4.69, 9.17) is 9.47 Å². The molecule has 1 aromatic carbocycles. The van der Waals surface area contributed by atoms with Crippen LogP contribution in [0.3, 0.4) is 0 Å². The molecule has 0 spiro atoms. The van der Waals surface area contributed by atoms with Crippen LogP contribution in [0.2, 0.25) is 0 Å². The average molecular weight is 412 g/mol. The number of aromatic nitrogens is 1. The van der Waals surface area contributed by atoms with Gasteiger partial charge in [-0.3, -0.25) is 9.78 Å². The van der Waals surface area contributed by atoms with Gasteiger partial charge in [0.25, 0.3) is 5.91 Å². The summed E-state index contributed by atoms with van der Waals surface area (Å²) >= 11 is 0. The lowest BCUT2D eigenvalue weighted by Gasteiger charge is -2.12. The molecule has 0 aliphatic rings. The van der Waals surface area contributed by atoms with Gasteiger partial charge in [-0.2, -0.15) is 5.10 Å². The van der Waals surface area contributed by atoms with Crippen molar-refractivity contribution in [2.75, 3.05) is 13.2 Å². The van der Waals surface area contributed by atoms with Crippen molar-refractivity contribution in [3.05, 3.63) is 53.9 Å². The molecule has 0 radical (unpaired) electrons. The van der Waals surface area contributed by atoms with Gasteiger partial charge in [-0.05, 0) is 49.2 Å². The molecule has 162 valence electrons. The van der Waals surface area contributed by atoms with Gasteiger partial charge in [-0.15, -0.1) is 0 Å². The number of ether oxygens (including phenoxy) is 2. The largest absolute Gasteiger partial charge is 0.490 e. The molecule has 2 rings (SSSR count). The van der Waals surface area contributed by atoms with E-state index in [9.17, 15) is 4.79 Å². The normalized spacial score (nSPS) is 10.9. The lowest BCUT2D eigenvalue weighted by Crippen LogP contribution is -2.17. The Labute approximate surface area is 179 Å². The molecule has 6 heteroatoms. The summed E-state index contributed by atoms with van der Waals surface area (Å²) in [5.41, 5.74) is 3.77. The molecule has 0 saturated heterocycles. The van der Waals surface area contributed by atoms with Crippen molar-refractivity contribution >= 4 is 12.1 Å². The topological polar surface area (TPSA) is 72.8 Å². The van der Waals surface area contributed by atoms with E-state index in [0.717, 1.165) is 17.7 Å². The zero-order valence-electron chi connectivity index (χ0n) is 18.1. The molecule has 0 aliphatic heterocycles. The Balaban J connectivity index is 1.82. The number of amides is 1. The second kappa shape index (κ2) is 14.1. The van der Waals surface area contributed by atoms with Gasteiger partial charge in [0.05, 0.1) is 25.0 Å². The molecule has 1 amide bonds. The van der Waals surface area contributed by atoms with E-state index in [0.29, 0.717) is 24.5 Å². The number of nitrogens with one attached hydrogen (secondary N) is 1. The predicted molar refractivity (Wildman–Crippen MR) is 120 cm³/mol. The highest BCUT2D eigenvalue weighted by molar-refractivity contribution is 5.94. The lowest BCUT2D eigenvalue weighted by atomic mass is 10.1. The third kappa shape index (κ3) is 8.64. The number of hydrogen-bond acceptors (Lipinski definition) is 5. The summed E-state index contributed by atoms with van der Waals surface area (Å²) in [5.74, 6) is 1.11. The first-order valence-electron chi connectivity index (χ1n) is 10.9. The van der Waals surface area contributed by atoms with E-state index in [1.807, 2.05) is 25.1 Å². The Morgan fingerprint density at radius 3 is 2.57 bits per heavy atom. The highest BCUT2D eigenvalue weighted by atomic mass is 16.5. The summed E-state index contributed by atoms with van der Waals surface area (Å²) in [5, 5.41) is 4.02. The van der Waals surface area contributed by atoms with E-state index < -0.39 is 0 Å². The van der Waals surface area contributed by atoms with E-state index in [2.05, 4.69) is 22.4 Å². The molecule has 30 heavy (non-hydrogen) atoms. The first-order chi connectivity index (χ1) is 14.7. The van der Waals surface area contributed by atoms with Crippen LogP contribution in [0.5, 0.6) is 11.5 Å². The van der Waals surface area contributed by atoms with Crippen LogP contribution in [-0.2, 0) is 0 Å². The van der Waals surface area contributed by atoms with Gasteiger partial charge >= 0.3 is 0 Å². The first kappa shape index (κ1) is 23.4. The number of hydrazone groups is 1. The van der Waals surface area contributed by atoms with Gasteiger partial charge in [0, 0.05) is 12.4 Å². The van der Waals surface area contributed by atoms with Crippen molar-refractivity contribution in [2.45, 2.75) is 58.8 Å². The maximum atomic E-state index is 12.0. The van der Waals surface area contributed by atoms with Gasteiger partial charge in [-0.1, -0.05) is 45.4 Å². The van der Waals surface area contributed by atoms with Crippen molar-refractivity contribution in [3.63, 3.8) is 0 Å². The van der Waals surface area contributed by atoms with Gasteiger partial charge in [0.1, 0.15) is 0 Å². The molecule has 0 saturated carbocycles. The molecule has 0 aliphatic carbocycles. The van der Waals surface area contributed by atoms with Gasteiger partial charge in [0.2, 0.25) is 0 Å². The monoisotopic (exact) mass is 411 g/mol. The summed E-state index contributed by atoms with van der Waals surface area (Å²) in [4.78, 5) is 15.9. The van der Waals surface area contributed by atoms with Crippen molar-refractivity contribution in [1.29, 1.82) is 0 Å². The minimum absolute atomic E-state index is 0.306. The lowest BCUT2D eigenvalue weighted by molar-refractivity contribution is 0.0955. The Morgan fingerprint density at radius 2 is 1.83 bits per heavy atom. The molecule has 1 aromatic heterocycles. The van der Waals surface area contributed by atoms with Crippen molar-refractivity contribution in [1.82, 2.24) is 10.4 Å². The number of carbonyl (C=O) groups is 1. The standard InChI is InChI=1S/C24H33N3O3/c1-3-5-6-7-8-9-10-16-30-22-14-13-20(17-23(22)29-4-2)18-26-27-24(28)21-12-11-15-25-19-21/h11-15,17-19H,3-10,16H2,1-2H3,(H,27,28)/b26-18-. The maximum absolute atomic E-state index is 12.0.